The summed E-state index contributed by atoms with van der Waals surface area (Å²) in [5.74, 6) is 0.918. The van der Waals surface area contributed by atoms with Crippen molar-refractivity contribution >= 4 is 47.1 Å². The number of benzene rings is 2. The number of likely N-dealkylation sites (tertiary alicyclic amines) is 1. The molecule has 1 N–H and O–H groups in total. The number of aromatic nitrogens is 3. The molecule has 0 unspecified atom stereocenters. The van der Waals surface area contributed by atoms with Gasteiger partial charge in [-0.2, -0.15) is 9.37 Å². The molecule has 1 aliphatic rings. The lowest BCUT2D eigenvalue weighted by molar-refractivity contribution is -0.107. The zero-order valence-electron chi connectivity index (χ0n) is 24.7. The van der Waals surface area contributed by atoms with Crippen molar-refractivity contribution in [2.75, 3.05) is 36.4 Å². The van der Waals surface area contributed by atoms with Crippen molar-refractivity contribution in [2.45, 2.75) is 39.5 Å². The first kappa shape index (κ1) is 30.3. The summed E-state index contributed by atoms with van der Waals surface area (Å²) in [5, 5.41) is 3.76. The highest BCUT2D eigenvalue weighted by molar-refractivity contribution is 6.32. The van der Waals surface area contributed by atoms with Gasteiger partial charge in [-0.05, 0) is 111 Å². The third-order valence-electron chi connectivity index (χ3n) is 8.04. The largest absolute Gasteiger partial charge is 0.324 e. The average Bonchev–Trinajstić information content (AvgIpc) is 3.03. The summed E-state index contributed by atoms with van der Waals surface area (Å²) in [7, 11) is 0. The molecule has 5 rings (SSSR count). The maximum absolute atomic E-state index is 14.2. The van der Waals surface area contributed by atoms with Crippen LogP contribution in [0.3, 0.4) is 0 Å². The molecular formula is C34H36ClFN6O. The summed E-state index contributed by atoms with van der Waals surface area (Å²) >= 11 is 6.65. The molecule has 0 atom stereocenters. The van der Waals surface area contributed by atoms with E-state index in [1.165, 1.54) is 29.5 Å². The molecule has 7 nitrogen and oxygen atoms in total. The molecule has 0 aliphatic carbocycles. The predicted octanol–water partition coefficient (Wildman–Crippen LogP) is 7.82. The highest BCUT2D eigenvalue weighted by Gasteiger charge is 2.20. The number of carbonyl (C=O) groups excluding carboxylic acids is 1. The lowest BCUT2D eigenvalue weighted by Crippen LogP contribution is -2.32. The van der Waals surface area contributed by atoms with Crippen molar-refractivity contribution in [1.29, 1.82) is 0 Å². The second kappa shape index (κ2) is 13.9. The number of piperidine rings is 1. The molecule has 9 heteroatoms. The number of halogens is 2. The number of amides is 1. The molecule has 0 spiro atoms. The van der Waals surface area contributed by atoms with E-state index in [9.17, 15) is 9.18 Å². The van der Waals surface area contributed by atoms with Crippen LogP contribution in [-0.2, 0) is 4.79 Å². The summed E-state index contributed by atoms with van der Waals surface area (Å²) in [6, 6.07) is 17.2. The van der Waals surface area contributed by atoms with Crippen molar-refractivity contribution in [1.82, 2.24) is 19.9 Å². The summed E-state index contributed by atoms with van der Waals surface area (Å²) in [6.07, 6.45) is 8.13. The fraction of sp³-hybridized carbons (Fsp3) is 0.294. The molecule has 1 amide bonds. The van der Waals surface area contributed by atoms with Crippen molar-refractivity contribution in [3.8, 4) is 11.1 Å². The van der Waals surface area contributed by atoms with Gasteiger partial charge in [0.05, 0.1) is 0 Å². The lowest BCUT2D eigenvalue weighted by atomic mass is 9.89. The maximum atomic E-state index is 14.2. The third-order valence-corrected chi connectivity index (χ3v) is 8.36. The monoisotopic (exact) mass is 598 g/mol. The van der Waals surface area contributed by atoms with Gasteiger partial charge in [-0.1, -0.05) is 42.8 Å². The molecule has 43 heavy (non-hydrogen) atoms. The van der Waals surface area contributed by atoms with Crippen LogP contribution in [0.25, 0.3) is 22.8 Å². The number of carbonyl (C=O) groups is 1. The fourth-order valence-electron chi connectivity index (χ4n) is 5.51. The van der Waals surface area contributed by atoms with E-state index in [4.69, 9.17) is 16.6 Å². The Labute approximate surface area is 257 Å². The molecule has 0 bridgehead atoms. The molecule has 2 aromatic heterocycles. The summed E-state index contributed by atoms with van der Waals surface area (Å²) in [6.45, 7) is 9.87. The molecule has 0 radical (unpaired) electrons. The topological polar surface area (TPSA) is 74.2 Å². The first-order chi connectivity index (χ1) is 20.9. The third kappa shape index (κ3) is 7.09. The van der Waals surface area contributed by atoms with Gasteiger partial charge in [-0.15, -0.1) is 0 Å². The number of nitrogens with one attached hydrogen (secondary N) is 1. The number of anilines is 3. The van der Waals surface area contributed by atoms with Gasteiger partial charge in [-0.25, -0.2) is 9.97 Å². The van der Waals surface area contributed by atoms with Crippen LogP contribution < -0.4 is 10.2 Å². The van der Waals surface area contributed by atoms with Gasteiger partial charge in [0.15, 0.2) is 0 Å². The zero-order valence-corrected chi connectivity index (χ0v) is 25.5. The molecule has 1 saturated heterocycles. The minimum absolute atomic E-state index is 0.382. The highest BCUT2D eigenvalue weighted by Crippen LogP contribution is 2.33. The Morgan fingerprint density at radius 1 is 1.12 bits per heavy atom. The van der Waals surface area contributed by atoms with Crippen LogP contribution in [-0.4, -0.2) is 52.4 Å². The van der Waals surface area contributed by atoms with E-state index in [-0.39, 0.29) is 0 Å². The second-order valence-electron chi connectivity index (χ2n) is 10.7. The molecule has 0 saturated carbocycles. The molecule has 1 aliphatic heterocycles. The quantitative estimate of drug-likeness (QED) is 0.148. The van der Waals surface area contributed by atoms with Gasteiger partial charge >= 0.3 is 0 Å². The summed E-state index contributed by atoms with van der Waals surface area (Å²) < 4.78 is 14.2. The Hall–Kier alpha value is -4.14. The number of allylic oxidation sites excluding steroid dienone is 1. The van der Waals surface area contributed by atoms with Crippen LogP contribution in [0.4, 0.5) is 21.8 Å². The molecule has 3 heterocycles. The summed E-state index contributed by atoms with van der Waals surface area (Å²) in [4.78, 5) is 29.0. The van der Waals surface area contributed by atoms with E-state index in [0.717, 1.165) is 42.9 Å². The smallest absolute Gasteiger partial charge is 0.229 e. The SMILES string of the molecule is CCN1CCC(c2ccc(Nc3ncc(/C=C(\C)c4ccc(-c5cccnc5F)cc4Cl)c(N(C=O)CC)n3)cc2)CC1. The van der Waals surface area contributed by atoms with Crippen molar-refractivity contribution < 1.29 is 9.18 Å². The van der Waals surface area contributed by atoms with E-state index in [0.29, 0.717) is 45.9 Å². The number of pyridine rings is 1. The van der Waals surface area contributed by atoms with Crippen LogP contribution in [0, 0.1) is 5.95 Å². The van der Waals surface area contributed by atoms with Gasteiger partial charge in [0.25, 0.3) is 0 Å². The zero-order chi connectivity index (χ0) is 30.3. The maximum Gasteiger partial charge on any atom is 0.229 e. The van der Waals surface area contributed by atoms with Gasteiger partial charge < -0.3 is 10.2 Å². The van der Waals surface area contributed by atoms with Gasteiger partial charge in [0.2, 0.25) is 18.3 Å². The minimum atomic E-state index is -0.550. The standard InChI is InChI=1S/C34H36ClFN6O/c1-4-41-17-14-25(15-18-41)24-8-11-28(12-9-24)39-34-38-21-27(33(40-34)42(5-2)22-43)19-23(3)29-13-10-26(20-31(29)35)30-7-6-16-37-32(30)36/h6-13,16,19-22,25H,4-5,14-15,17-18H2,1-3H3,(H,38,39,40)/b23-19+. The van der Waals surface area contributed by atoms with E-state index in [1.54, 1.807) is 24.4 Å². The fourth-order valence-corrected chi connectivity index (χ4v) is 5.84. The van der Waals surface area contributed by atoms with Crippen LogP contribution in [0.5, 0.6) is 0 Å². The van der Waals surface area contributed by atoms with E-state index in [1.807, 2.05) is 32.1 Å². The average molecular weight is 599 g/mol. The number of hydrogen-bond acceptors (Lipinski definition) is 6. The Bertz CT molecular complexity index is 1600. The number of hydrogen-bond donors (Lipinski definition) is 1. The highest BCUT2D eigenvalue weighted by atomic mass is 35.5. The predicted molar refractivity (Wildman–Crippen MR) is 173 cm³/mol. The normalized spacial score (nSPS) is 14.5. The van der Waals surface area contributed by atoms with E-state index in [2.05, 4.69) is 51.4 Å². The van der Waals surface area contributed by atoms with Crippen LogP contribution in [0.15, 0.2) is 67.0 Å². The number of nitrogens with zero attached hydrogens (tertiary/aromatic N) is 5. The van der Waals surface area contributed by atoms with E-state index >= 15 is 0 Å². The molecule has 222 valence electrons. The first-order valence-corrected chi connectivity index (χ1v) is 15.0. The molecule has 2 aromatic carbocycles. The Kier molecular flexibility index (Phi) is 9.79. The molecular weight excluding hydrogens is 563 g/mol. The Balaban J connectivity index is 1.37. The first-order valence-electron chi connectivity index (χ1n) is 14.7. The Morgan fingerprint density at radius 3 is 2.53 bits per heavy atom. The molecule has 4 aromatic rings. The van der Waals surface area contributed by atoms with Gasteiger partial charge in [0, 0.05) is 40.8 Å². The second-order valence-corrected chi connectivity index (χ2v) is 11.1. The van der Waals surface area contributed by atoms with Crippen LogP contribution in [0.1, 0.15) is 56.2 Å². The van der Waals surface area contributed by atoms with Crippen molar-refractivity contribution in [2.24, 2.45) is 0 Å². The molecule has 1 fully saturated rings. The van der Waals surface area contributed by atoms with Crippen LogP contribution >= 0.6 is 11.6 Å². The Morgan fingerprint density at radius 2 is 1.88 bits per heavy atom. The van der Waals surface area contributed by atoms with Crippen LogP contribution in [0.2, 0.25) is 5.02 Å². The van der Waals surface area contributed by atoms with Crippen molar-refractivity contribution in [3.05, 3.63) is 94.7 Å². The summed E-state index contributed by atoms with van der Waals surface area (Å²) in [5.41, 5.74) is 5.55. The number of rotatable bonds is 10. The lowest BCUT2D eigenvalue weighted by Gasteiger charge is -2.31. The van der Waals surface area contributed by atoms with Gasteiger partial charge in [-0.3, -0.25) is 9.69 Å². The van der Waals surface area contributed by atoms with Gasteiger partial charge in [0.1, 0.15) is 5.82 Å². The minimum Gasteiger partial charge on any atom is -0.324 e. The van der Waals surface area contributed by atoms with E-state index < -0.39 is 5.95 Å². The van der Waals surface area contributed by atoms with Crippen molar-refractivity contribution in [3.63, 3.8) is 0 Å².